The van der Waals surface area contributed by atoms with E-state index in [4.69, 9.17) is 15.2 Å². The maximum absolute atomic E-state index is 12.5. The highest BCUT2D eigenvalue weighted by atomic mass is 32.1. The van der Waals surface area contributed by atoms with Crippen LogP contribution in [0, 0.1) is 0 Å². The third-order valence-electron chi connectivity index (χ3n) is 4.48. The molecule has 1 atom stereocenters. The molecule has 0 radical (unpaired) electrons. The molecule has 2 N–H and O–H groups in total. The molecular formula is C18H23N3O3S. The number of nitrogens with zero attached hydrogens (tertiary/aromatic N) is 2. The predicted octanol–water partition coefficient (Wildman–Crippen LogP) is 2.32. The Kier molecular flexibility index (Phi) is 5.55. The second-order valence-electron chi connectivity index (χ2n) is 6.01. The summed E-state index contributed by atoms with van der Waals surface area (Å²) in [4.78, 5) is 19.0. The number of rotatable bonds is 6. The third-order valence-corrected chi connectivity index (χ3v) is 5.42. The van der Waals surface area contributed by atoms with Crippen molar-refractivity contribution in [2.24, 2.45) is 5.73 Å². The SMILES string of the molecule is COc1ccc(-c2nc(CC(=O)N3CCCC3CN)cs2)cc1OC. The van der Waals surface area contributed by atoms with Gasteiger partial charge in [0.25, 0.3) is 0 Å². The highest BCUT2D eigenvalue weighted by Crippen LogP contribution is 2.33. The smallest absolute Gasteiger partial charge is 0.228 e. The maximum Gasteiger partial charge on any atom is 0.228 e. The Morgan fingerprint density at radius 3 is 2.88 bits per heavy atom. The molecule has 0 aliphatic carbocycles. The van der Waals surface area contributed by atoms with Crippen LogP contribution in [0.1, 0.15) is 18.5 Å². The average molecular weight is 361 g/mol. The summed E-state index contributed by atoms with van der Waals surface area (Å²) in [7, 11) is 3.22. The van der Waals surface area contributed by atoms with Crippen molar-refractivity contribution in [2.45, 2.75) is 25.3 Å². The largest absolute Gasteiger partial charge is 0.493 e. The molecule has 0 saturated carbocycles. The maximum atomic E-state index is 12.5. The number of carbonyl (C=O) groups excluding carboxylic acids is 1. The summed E-state index contributed by atoms with van der Waals surface area (Å²) in [5, 5.41) is 2.80. The first kappa shape index (κ1) is 17.7. The van der Waals surface area contributed by atoms with Gasteiger partial charge < -0.3 is 20.1 Å². The number of nitrogens with two attached hydrogens (primary N) is 1. The number of thiazole rings is 1. The van der Waals surface area contributed by atoms with E-state index in [1.807, 2.05) is 28.5 Å². The van der Waals surface area contributed by atoms with E-state index in [0.717, 1.165) is 35.7 Å². The number of likely N-dealkylation sites (tertiary alicyclic amines) is 1. The van der Waals surface area contributed by atoms with Gasteiger partial charge in [0.1, 0.15) is 5.01 Å². The molecule has 1 unspecified atom stereocenters. The zero-order chi connectivity index (χ0) is 17.8. The van der Waals surface area contributed by atoms with Gasteiger partial charge in [-0.1, -0.05) is 0 Å². The number of benzene rings is 1. The van der Waals surface area contributed by atoms with E-state index in [9.17, 15) is 4.79 Å². The molecule has 1 aromatic heterocycles. The van der Waals surface area contributed by atoms with Gasteiger partial charge in [-0.05, 0) is 31.0 Å². The molecule has 25 heavy (non-hydrogen) atoms. The van der Waals surface area contributed by atoms with Crippen LogP contribution in [-0.4, -0.2) is 49.1 Å². The highest BCUT2D eigenvalue weighted by molar-refractivity contribution is 7.13. The lowest BCUT2D eigenvalue weighted by molar-refractivity contribution is -0.131. The van der Waals surface area contributed by atoms with Crippen LogP contribution in [0.4, 0.5) is 0 Å². The molecule has 1 fully saturated rings. The quantitative estimate of drug-likeness (QED) is 0.854. The Bertz CT molecular complexity index is 747. The Balaban J connectivity index is 1.73. The van der Waals surface area contributed by atoms with Gasteiger partial charge in [0, 0.05) is 30.1 Å². The van der Waals surface area contributed by atoms with Crippen molar-refractivity contribution in [3.8, 4) is 22.1 Å². The average Bonchev–Trinajstić information content (AvgIpc) is 3.30. The van der Waals surface area contributed by atoms with Crippen LogP contribution < -0.4 is 15.2 Å². The first-order chi connectivity index (χ1) is 12.2. The number of hydrogen-bond acceptors (Lipinski definition) is 6. The van der Waals surface area contributed by atoms with Crippen LogP contribution in [0.25, 0.3) is 10.6 Å². The minimum absolute atomic E-state index is 0.108. The molecule has 0 spiro atoms. The number of aromatic nitrogens is 1. The van der Waals surface area contributed by atoms with Crippen molar-refractivity contribution in [1.82, 2.24) is 9.88 Å². The normalized spacial score (nSPS) is 16.9. The van der Waals surface area contributed by atoms with Crippen LogP contribution in [0.2, 0.25) is 0 Å². The fourth-order valence-electron chi connectivity index (χ4n) is 3.16. The molecule has 1 amide bonds. The van der Waals surface area contributed by atoms with Gasteiger partial charge in [0.2, 0.25) is 5.91 Å². The standard InChI is InChI=1S/C18H23N3O3S/c1-23-15-6-5-12(8-16(15)24-2)18-20-13(11-25-18)9-17(22)21-7-3-4-14(21)10-19/h5-6,8,11,14H,3-4,7,9-10,19H2,1-2H3. The number of methoxy groups -OCH3 is 2. The van der Waals surface area contributed by atoms with Crippen molar-refractivity contribution in [2.75, 3.05) is 27.3 Å². The van der Waals surface area contributed by atoms with Gasteiger partial charge in [-0.15, -0.1) is 11.3 Å². The zero-order valence-electron chi connectivity index (χ0n) is 14.5. The fraction of sp³-hybridized carbons (Fsp3) is 0.444. The molecular weight excluding hydrogens is 338 g/mol. The summed E-state index contributed by atoms with van der Waals surface area (Å²) in [5.74, 6) is 1.45. The van der Waals surface area contributed by atoms with E-state index < -0.39 is 0 Å². The Labute approximate surface area is 151 Å². The molecule has 1 saturated heterocycles. The zero-order valence-corrected chi connectivity index (χ0v) is 15.3. The van der Waals surface area contributed by atoms with E-state index in [2.05, 4.69) is 4.98 Å². The molecule has 1 aromatic carbocycles. The lowest BCUT2D eigenvalue weighted by atomic mass is 10.2. The fourth-order valence-corrected chi connectivity index (χ4v) is 3.97. The third kappa shape index (κ3) is 3.77. The Hall–Kier alpha value is -2.12. The lowest BCUT2D eigenvalue weighted by Crippen LogP contribution is -2.40. The summed E-state index contributed by atoms with van der Waals surface area (Å²) < 4.78 is 10.6. The summed E-state index contributed by atoms with van der Waals surface area (Å²) in [6.45, 7) is 1.33. The van der Waals surface area contributed by atoms with Crippen molar-refractivity contribution < 1.29 is 14.3 Å². The van der Waals surface area contributed by atoms with Crippen molar-refractivity contribution >= 4 is 17.2 Å². The van der Waals surface area contributed by atoms with Gasteiger partial charge in [-0.3, -0.25) is 4.79 Å². The van der Waals surface area contributed by atoms with E-state index in [-0.39, 0.29) is 11.9 Å². The molecule has 2 aromatic rings. The molecule has 1 aliphatic heterocycles. The lowest BCUT2D eigenvalue weighted by Gasteiger charge is -2.23. The monoisotopic (exact) mass is 361 g/mol. The summed E-state index contributed by atoms with van der Waals surface area (Å²) in [5.41, 5.74) is 7.50. The van der Waals surface area contributed by atoms with Crippen LogP contribution in [0.15, 0.2) is 23.6 Å². The van der Waals surface area contributed by atoms with Gasteiger partial charge >= 0.3 is 0 Å². The van der Waals surface area contributed by atoms with E-state index in [0.29, 0.717) is 24.5 Å². The van der Waals surface area contributed by atoms with E-state index in [1.165, 1.54) is 11.3 Å². The van der Waals surface area contributed by atoms with Crippen LogP contribution in [0.5, 0.6) is 11.5 Å². The second-order valence-corrected chi connectivity index (χ2v) is 6.87. The number of amides is 1. The minimum Gasteiger partial charge on any atom is -0.493 e. The molecule has 7 heteroatoms. The van der Waals surface area contributed by atoms with Crippen molar-refractivity contribution in [3.05, 3.63) is 29.3 Å². The van der Waals surface area contributed by atoms with Gasteiger partial charge in [0.05, 0.1) is 26.3 Å². The molecule has 0 bridgehead atoms. The van der Waals surface area contributed by atoms with Gasteiger partial charge in [-0.25, -0.2) is 4.98 Å². The summed E-state index contributed by atoms with van der Waals surface area (Å²) in [6.07, 6.45) is 2.35. The minimum atomic E-state index is 0.108. The van der Waals surface area contributed by atoms with Crippen LogP contribution in [0.3, 0.4) is 0 Å². The Morgan fingerprint density at radius 2 is 2.16 bits per heavy atom. The van der Waals surface area contributed by atoms with Crippen molar-refractivity contribution in [1.29, 1.82) is 0 Å². The predicted molar refractivity (Wildman–Crippen MR) is 98.1 cm³/mol. The molecule has 1 aliphatic rings. The topological polar surface area (TPSA) is 77.7 Å². The van der Waals surface area contributed by atoms with Gasteiger partial charge in [0.15, 0.2) is 11.5 Å². The number of carbonyl (C=O) groups is 1. The summed E-state index contributed by atoms with van der Waals surface area (Å²) >= 11 is 1.52. The highest BCUT2D eigenvalue weighted by Gasteiger charge is 2.27. The van der Waals surface area contributed by atoms with Gasteiger partial charge in [-0.2, -0.15) is 0 Å². The van der Waals surface area contributed by atoms with Crippen LogP contribution in [-0.2, 0) is 11.2 Å². The molecule has 2 heterocycles. The summed E-state index contributed by atoms with van der Waals surface area (Å²) in [6, 6.07) is 5.87. The van der Waals surface area contributed by atoms with Crippen LogP contribution >= 0.6 is 11.3 Å². The molecule has 3 rings (SSSR count). The second kappa shape index (κ2) is 7.84. The molecule has 6 nitrogen and oxygen atoms in total. The first-order valence-corrected chi connectivity index (χ1v) is 9.20. The number of ether oxygens (including phenoxy) is 2. The first-order valence-electron chi connectivity index (χ1n) is 8.32. The van der Waals surface area contributed by atoms with E-state index >= 15 is 0 Å². The molecule has 134 valence electrons. The number of hydrogen-bond donors (Lipinski definition) is 1. The Morgan fingerprint density at radius 1 is 1.36 bits per heavy atom. The van der Waals surface area contributed by atoms with Crippen molar-refractivity contribution in [3.63, 3.8) is 0 Å². The van der Waals surface area contributed by atoms with E-state index in [1.54, 1.807) is 14.2 Å².